The molecule has 0 aromatic heterocycles. The smallest absolute Gasteiger partial charge is 0.161 e. The molecule has 9 heteroatoms. The average Bonchev–Trinajstić information content (AvgIpc) is 3.86. The highest BCUT2D eigenvalue weighted by Gasteiger charge is 2.31. The van der Waals surface area contributed by atoms with Gasteiger partial charge in [-0.1, -0.05) is 73.9 Å². The van der Waals surface area contributed by atoms with Crippen LogP contribution in [0.3, 0.4) is 0 Å². The Morgan fingerprint density at radius 1 is 1.02 bits per heavy atom. The van der Waals surface area contributed by atoms with Crippen LogP contribution in [-0.2, 0) is 17.6 Å². The van der Waals surface area contributed by atoms with Gasteiger partial charge < -0.3 is 36.6 Å². The number of rotatable bonds is 16. The van der Waals surface area contributed by atoms with Gasteiger partial charge in [-0.25, -0.2) is 0 Å². The zero-order chi connectivity index (χ0) is 39.7. The fraction of sp³-hybridized carbons (Fsp3) is 0.404. The molecule has 0 saturated heterocycles. The molecule has 2 atom stereocenters. The van der Waals surface area contributed by atoms with Crippen LogP contribution in [0.5, 0.6) is 17.2 Å². The number of unbranched alkanes of at least 4 members (excludes halogenated alkanes) is 1. The second-order valence-corrected chi connectivity index (χ2v) is 15.6. The van der Waals surface area contributed by atoms with Crippen molar-refractivity contribution in [3.63, 3.8) is 0 Å². The van der Waals surface area contributed by atoms with E-state index in [1.807, 2.05) is 43.3 Å². The SMILES string of the molecule is C[C@H](O)CCCCC1(/C=C/C(=O)CCc2ccc(O)c(OCCc3ccc(O)c([C@@H]4CC([O-])=C5C=CN=C5CC#Cc5cc(C(N)N)ccc54)c3)c2)CCCC1. The number of nitrogens with zero attached hydrogens (tertiary/aromatic N) is 1. The highest BCUT2D eigenvalue weighted by molar-refractivity contribution is 6.06. The number of hydrogen-bond donors (Lipinski definition) is 5. The normalized spacial score (nSPS) is 18.0. The van der Waals surface area contributed by atoms with Crippen molar-refractivity contribution in [2.24, 2.45) is 21.9 Å². The minimum absolute atomic E-state index is 0.0146. The van der Waals surface area contributed by atoms with Crippen LogP contribution in [0, 0.1) is 17.3 Å². The number of phenols is 2. The number of aryl methyl sites for hydroxylation is 1. The van der Waals surface area contributed by atoms with Crippen LogP contribution in [0.1, 0.15) is 123 Å². The Kier molecular flexibility index (Phi) is 13.5. The predicted molar refractivity (Wildman–Crippen MR) is 218 cm³/mol. The number of ether oxygens (including phenoxy) is 1. The number of carbonyl (C=O) groups is 1. The second-order valence-electron chi connectivity index (χ2n) is 15.6. The van der Waals surface area contributed by atoms with Crippen molar-refractivity contribution in [1.82, 2.24) is 0 Å². The number of phenolic OH excluding ortho intramolecular Hbond substituents is 2. The first-order valence-corrected chi connectivity index (χ1v) is 19.9. The molecule has 2 aliphatic carbocycles. The van der Waals surface area contributed by atoms with Crippen molar-refractivity contribution in [3.8, 4) is 29.1 Å². The van der Waals surface area contributed by atoms with E-state index in [2.05, 4.69) is 22.9 Å². The third-order valence-electron chi connectivity index (χ3n) is 11.4. The molecule has 0 spiro atoms. The number of allylic oxidation sites excluding steroid dienone is 5. The van der Waals surface area contributed by atoms with Crippen LogP contribution in [-0.4, -0.2) is 39.5 Å². The monoisotopic (exact) mass is 756 g/mol. The number of fused-ring (bicyclic) bond motifs is 2. The van der Waals surface area contributed by atoms with Crippen LogP contribution < -0.4 is 21.3 Å². The number of benzene rings is 3. The third-order valence-corrected chi connectivity index (χ3v) is 11.4. The number of ketones is 1. The van der Waals surface area contributed by atoms with Gasteiger partial charge in [0.2, 0.25) is 0 Å². The zero-order valence-electron chi connectivity index (χ0n) is 32.3. The summed E-state index contributed by atoms with van der Waals surface area (Å²) in [6.07, 6.45) is 16.6. The van der Waals surface area contributed by atoms with Gasteiger partial charge in [-0.2, -0.15) is 0 Å². The van der Waals surface area contributed by atoms with Gasteiger partial charge in [-0.05, 0) is 115 Å². The molecular weight excluding hydrogens is 703 g/mol. The predicted octanol–water partition coefficient (Wildman–Crippen LogP) is 7.05. The molecule has 0 unspecified atom stereocenters. The van der Waals surface area contributed by atoms with Gasteiger partial charge in [-0.15, -0.1) is 5.76 Å². The molecule has 7 N–H and O–H groups in total. The van der Waals surface area contributed by atoms with E-state index in [-0.39, 0.29) is 47.6 Å². The van der Waals surface area contributed by atoms with E-state index in [9.17, 15) is 25.2 Å². The standard InChI is InChI=1S/C47H55N3O6/c1-31(51)7-2-3-21-47(22-4-5-23-47)24-18-36(52)14-10-32-12-17-43(54)45(28-32)56-26-20-33-11-16-42(53)40(27-33)39-30-44(55)38-19-25-50-41(38)9-6-8-34-29-35(46(48)49)13-15-37(34)39/h11-13,15-19,24-25,27-29,31,39,46,51,53-55H,2-5,7,9-10,14,20-23,26,30,48-49H2,1H3/p-1/b24-18+,44-38?/t31-,39+/m0/s1. The molecule has 1 aliphatic heterocycles. The number of aliphatic hydroxyl groups is 1. The largest absolute Gasteiger partial charge is 0.875 e. The number of aliphatic imine (C=N–C) groups is 1. The Labute approximate surface area is 330 Å². The molecule has 3 aromatic rings. The van der Waals surface area contributed by atoms with Gasteiger partial charge in [0.1, 0.15) is 5.75 Å². The lowest BCUT2D eigenvalue weighted by atomic mass is 9.80. The van der Waals surface area contributed by atoms with Crippen molar-refractivity contribution in [3.05, 3.63) is 124 Å². The quantitative estimate of drug-likeness (QED) is 0.0447. The van der Waals surface area contributed by atoms with Gasteiger partial charge in [0.15, 0.2) is 17.3 Å². The fourth-order valence-corrected chi connectivity index (χ4v) is 8.13. The fourth-order valence-electron chi connectivity index (χ4n) is 8.13. The van der Waals surface area contributed by atoms with E-state index in [0.717, 1.165) is 55.2 Å². The first kappa shape index (κ1) is 40.5. The molecular formula is C47H54N3O6-. The molecule has 3 aliphatic rings. The number of aromatic hydroxyl groups is 2. The van der Waals surface area contributed by atoms with Crippen LogP contribution in [0.25, 0.3) is 0 Å². The van der Waals surface area contributed by atoms with Crippen LogP contribution >= 0.6 is 0 Å². The van der Waals surface area contributed by atoms with E-state index in [1.54, 1.807) is 36.6 Å². The molecule has 6 rings (SSSR count). The molecule has 0 amide bonds. The first-order valence-electron chi connectivity index (χ1n) is 19.9. The van der Waals surface area contributed by atoms with Crippen molar-refractivity contribution in [2.45, 2.75) is 109 Å². The average molecular weight is 757 g/mol. The summed E-state index contributed by atoms with van der Waals surface area (Å²) < 4.78 is 6.07. The lowest BCUT2D eigenvalue weighted by Gasteiger charge is -2.27. The summed E-state index contributed by atoms with van der Waals surface area (Å²) in [4.78, 5) is 17.3. The van der Waals surface area contributed by atoms with Crippen molar-refractivity contribution < 1.29 is 30.0 Å². The maximum atomic E-state index is 13.7. The Morgan fingerprint density at radius 2 is 1.79 bits per heavy atom. The first-order chi connectivity index (χ1) is 27.0. The van der Waals surface area contributed by atoms with E-state index >= 15 is 0 Å². The molecule has 1 saturated carbocycles. The van der Waals surface area contributed by atoms with Gasteiger partial charge in [0.05, 0.1) is 31.0 Å². The minimum Gasteiger partial charge on any atom is -0.875 e. The lowest BCUT2D eigenvalue weighted by Crippen LogP contribution is -2.21. The van der Waals surface area contributed by atoms with Crippen molar-refractivity contribution in [2.75, 3.05) is 6.61 Å². The van der Waals surface area contributed by atoms with E-state index in [1.165, 1.54) is 12.8 Å². The minimum atomic E-state index is -0.695. The highest BCUT2D eigenvalue weighted by Crippen LogP contribution is 2.44. The molecule has 1 heterocycles. The summed E-state index contributed by atoms with van der Waals surface area (Å²) in [6.45, 7) is 2.07. The number of nitrogens with two attached hydrogens (primary N) is 2. The van der Waals surface area contributed by atoms with Gasteiger partial charge in [0.25, 0.3) is 0 Å². The van der Waals surface area contributed by atoms with Crippen molar-refractivity contribution in [1.29, 1.82) is 0 Å². The number of hydrogen-bond acceptors (Lipinski definition) is 9. The molecule has 294 valence electrons. The summed E-state index contributed by atoms with van der Waals surface area (Å²) in [5, 5.41) is 45.1. The summed E-state index contributed by atoms with van der Waals surface area (Å²) in [6, 6.07) is 16.1. The maximum Gasteiger partial charge on any atom is 0.161 e. The molecule has 0 radical (unpaired) electrons. The molecule has 9 nitrogen and oxygen atoms in total. The van der Waals surface area contributed by atoms with Crippen molar-refractivity contribution >= 4 is 11.5 Å². The Bertz CT molecular complexity index is 2080. The van der Waals surface area contributed by atoms with E-state index < -0.39 is 12.1 Å². The Morgan fingerprint density at radius 3 is 2.55 bits per heavy atom. The number of carbonyl (C=O) groups excluding carboxylic acids is 1. The van der Waals surface area contributed by atoms with Crippen LogP contribution in [0.15, 0.2) is 95.3 Å². The highest BCUT2D eigenvalue weighted by atomic mass is 16.5. The van der Waals surface area contributed by atoms with Gasteiger partial charge in [-0.3, -0.25) is 9.79 Å². The summed E-state index contributed by atoms with van der Waals surface area (Å²) in [5.74, 6) is 6.30. The summed E-state index contributed by atoms with van der Waals surface area (Å²) in [7, 11) is 0. The number of aliphatic hydroxyl groups excluding tert-OH is 1. The van der Waals surface area contributed by atoms with Crippen LogP contribution in [0.4, 0.5) is 0 Å². The lowest BCUT2D eigenvalue weighted by molar-refractivity contribution is -0.307. The topological polar surface area (TPSA) is 174 Å². The Balaban J connectivity index is 1.12. The summed E-state index contributed by atoms with van der Waals surface area (Å²) in [5.41, 5.74) is 17.8. The van der Waals surface area contributed by atoms with Gasteiger partial charge >= 0.3 is 0 Å². The molecule has 0 bridgehead atoms. The van der Waals surface area contributed by atoms with Crippen LogP contribution in [0.2, 0.25) is 0 Å². The molecule has 1 fully saturated rings. The molecule has 3 aromatic carbocycles. The van der Waals surface area contributed by atoms with E-state index in [4.69, 9.17) is 16.2 Å². The third kappa shape index (κ3) is 10.4. The maximum absolute atomic E-state index is 13.7. The summed E-state index contributed by atoms with van der Waals surface area (Å²) >= 11 is 0. The van der Waals surface area contributed by atoms with Gasteiger partial charge in [0, 0.05) is 36.1 Å². The Hall–Kier alpha value is -5.14. The second kappa shape index (κ2) is 18.7. The zero-order valence-corrected chi connectivity index (χ0v) is 32.3. The molecule has 56 heavy (non-hydrogen) atoms. The van der Waals surface area contributed by atoms with E-state index in [0.29, 0.717) is 59.4 Å².